The van der Waals surface area contributed by atoms with Gasteiger partial charge in [-0.15, -0.1) is 0 Å². The highest BCUT2D eigenvalue weighted by atomic mass is 16.4. The van der Waals surface area contributed by atoms with Crippen molar-refractivity contribution in [2.75, 3.05) is 6.54 Å². The van der Waals surface area contributed by atoms with E-state index in [1.807, 2.05) is 30.4 Å². The lowest BCUT2D eigenvalue weighted by atomic mass is 9.62. The van der Waals surface area contributed by atoms with Crippen molar-refractivity contribution in [2.45, 2.75) is 25.7 Å². The molecule has 1 aromatic carbocycles. The first-order chi connectivity index (χ1) is 11.2. The Bertz CT molecular complexity index is 596. The van der Waals surface area contributed by atoms with Gasteiger partial charge in [-0.05, 0) is 43.1 Å². The zero-order valence-corrected chi connectivity index (χ0v) is 13.2. The van der Waals surface area contributed by atoms with Crippen molar-refractivity contribution < 1.29 is 14.7 Å². The van der Waals surface area contributed by atoms with Crippen LogP contribution in [0.15, 0.2) is 42.5 Å². The minimum Gasteiger partial charge on any atom is -0.481 e. The predicted octanol–water partition coefficient (Wildman–Crippen LogP) is 2.65. The molecule has 1 amide bonds. The molecule has 1 fully saturated rings. The predicted molar refractivity (Wildman–Crippen MR) is 87.7 cm³/mol. The van der Waals surface area contributed by atoms with Crippen molar-refractivity contribution in [2.24, 2.45) is 23.7 Å². The Morgan fingerprint density at radius 3 is 2.30 bits per heavy atom. The van der Waals surface area contributed by atoms with Gasteiger partial charge in [0, 0.05) is 6.54 Å². The summed E-state index contributed by atoms with van der Waals surface area (Å²) in [6, 6.07) is 10.2. The fraction of sp³-hybridized carbons (Fsp3) is 0.474. The molecule has 4 heteroatoms. The van der Waals surface area contributed by atoms with Crippen LogP contribution in [0.3, 0.4) is 0 Å². The Balaban J connectivity index is 1.53. The molecule has 3 aliphatic carbocycles. The van der Waals surface area contributed by atoms with Gasteiger partial charge < -0.3 is 10.4 Å². The number of benzene rings is 1. The number of aliphatic carboxylic acids is 1. The summed E-state index contributed by atoms with van der Waals surface area (Å²) in [4.78, 5) is 24.1. The molecular formula is C19H23NO3. The highest BCUT2D eigenvalue weighted by molar-refractivity contribution is 5.86. The minimum absolute atomic E-state index is 0.0116. The number of hydrogen-bond acceptors (Lipinski definition) is 2. The second-order valence-corrected chi connectivity index (χ2v) is 6.56. The van der Waals surface area contributed by atoms with E-state index in [9.17, 15) is 14.7 Å². The molecule has 122 valence electrons. The van der Waals surface area contributed by atoms with Crippen molar-refractivity contribution >= 4 is 11.9 Å². The van der Waals surface area contributed by atoms with Crippen LogP contribution in [0.5, 0.6) is 0 Å². The SMILES string of the molecule is O=C(O)[C@H]1[C@H](C(=O)NCCCc2ccccc2)[C@H]2C=C[C@H]1CC2. The van der Waals surface area contributed by atoms with Crippen molar-refractivity contribution in [3.63, 3.8) is 0 Å². The maximum absolute atomic E-state index is 12.5. The van der Waals surface area contributed by atoms with Gasteiger partial charge in [0.2, 0.25) is 5.91 Å². The van der Waals surface area contributed by atoms with E-state index < -0.39 is 17.8 Å². The van der Waals surface area contributed by atoms with E-state index in [2.05, 4.69) is 17.4 Å². The van der Waals surface area contributed by atoms with Crippen molar-refractivity contribution in [1.82, 2.24) is 5.32 Å². The first-order valence-electron chi connectivity index (χ1n) is 8.39. The summed E-state index contributed by atoms with van der Waals surface area (Å²) in [6.07, 6.45) is 7.63. The lowest BCUT2D eigenvalue weighted by Crippen LogP contribution is -2.49. The van der Waals surface area contributed by atoms with Crippen molar-refractivity contribution in [3.05, 3.63) is 48.0 Å². The Morgan fingerprint density at radius 1 is 1.04 bits per heavy atom. The second-order valence-electron chi connectivity index (χ2n) is 6.56. The average molecular weight is 313 g/mol. The van der Waals surface area contributed by atoms with Gasteiger partial charge in [0.15, 0.2) is 0 Å². The number of nitrogens with one attached hydrogen (secondary N) is 1. The number of amides is 1. The molecule has 2 bridgehead atoms. The average Bonchev–Trinajstić information content (AvgIpc) is 2.59. The molecule has 0 saturated heterocycles. The molecule has 4 atom stereocenters. The van der Waals surface area contributed by atoms with Gasteiger partial charge in [-0.2, -0.15) is 0 Å². The fourth-order valence-corrected chi connectivity index (χ4v) is 3.95. The lowest BCUT2D eigenvalue weighted by Gasteiger charge is -2.41. The summed E-state index contributed by atoms with van der Waals surface area (Å²) in [5, 5.41) is 12.4. The molecule has 0 unspecified atom stereocenters. The highest BCUT2D eigenvalue weighted by Gasteiger charge is 2.47. The van der Waals surface area contributed by atoms with Crippen LogP contribution >= 0.6 is 0 Å². The lowest BCUT2D eigenvalue weighted by molar-refractivity contribution is -0.152. The number of carboxylic acid groups (broad SMARTS) is 1. The maximum Gasteiger partial charge on any atom is 0.307 e. The van der Waals surface area contributed by atoms with Gasteiger partial charge in [0.05, 0.1) is 11.8 Å². The number of hydrogen-bond donors (Lipinski definition) is 2. The number of carboxylic acids is 1. The summed E-state index contributed by atoms with van der Waals surface area (Å²) >= 11 is 0. The standard InChI is InChI=1S/C19H23NO3/c21-18(20-12-4-7-13-5-2-1-3-6-13)16-14-8-10-15(11-9-14)17(16)19(22)23/h1-3,5-6,8,10,14-17H,4,7,9,11-12H2,(H,20,21)(H,22,23)/t14-,15-,16+,17+/m0/s1. The number of carbonyl (C=O) groups excluding carboxylic acids is 1. The Morgan fingerprint density at radius 2 is 1.70 bits per heavy atom. The number of aryl methyl sites for hydroxylation is 1. The normalized spacial score (nSPS) is 28.5. The van der Waals surface area contributed by atoms with Gasteiger partial charge in [0.25, 0.3) is 0 Å². The van der Waals surface area contributed by atoms with E-state index in [0.29, 0.717) is 6.54 Å². The highest BCUT2D eigenvalue weighted by Crippen LogP contribution is 2.45. The van der Waals surface area contributed by atoms with Crippen LogP contribution in [0.25, 0.3) is 0 Å². The number of rotatable bonds is 6. The molecule has 1 aromatic rings. The molecule has 23 heavy (non-hydrogen) atoms. The largest absolute Gasteiger partial charge is 0.481 e. The molecule has 4 nitrogen and oxygen atoms in total. The van der Waals surface area contributed by atoms with Gasteiger partial charge >= 0.3 is 5.97 Å². The number of carbonyl (C=O) groups is 2. The summed E-state index contributed by atoms with van der Waals surface area (Å²) < 4.78 is 0. The third kappa shape index (κ3) is 3.46. The monoisotopic (exact) mass is 313 g/mol. The fourth-order valence-electron chi connectivity index (χ4n) is 3.95. The van der Waals surface area contributed by atoms with Crippen LogP contribution in [0.1, 0.15) is 24.8 Å². The molecule has 0 aliphatic heterocycles. The molecule has 3 aliphatic rings. The maximum atomic E-state index is 12.5. The molecule has 0 aromatic heterocycles. The van der Waals surface area contributed by atoms with Gasteiger partial charge in [0.1, 0.15) is 0 Å². The summed E-state index contributed by atoms with van der Waals surface area (Å²) in [7, 11) is 0. The van der Waals surface area contributed by atoms with Gasteiger partial charge in [-0.25, -0.2) is 0 Å². The van der Waals surface area contributed by atoms with E-state index in [1.165, 1.54) is 5.56 Å². The molecule has 0 spiro atoms. The first kappa shape index (κ1) is 15.8. The number of allylic oxidation sites excluding steroid dienone is 2. The van der Waals surface area contributed by atoms with E-state index >= 15 is 0 Å². The molecule has 0 radical (unpaired) electrons. The summed E-state index contributed by atoms with van der Waals surface area (Å²) in [5.41, 5.74) is 1.25. The molecule has 4 rings (SSSR count). The van der Waals surface area contributed by atoms with Crippen molar-refractivity contribution in [1.29, 1.82) is 0 Å². The van der Waals surface area contributed by atoms with E-state index in [-0.39, 0.29) is 17.7 Å². The quantitative estimate of drug-likeness (QED) is 0.627. The zero-order chi connectivity index (χ0) is 16.2. The van der Waals surface area contributed by atoms with Crippen LogP contribution < -0.4 is 5.32 Å². The van der Waals surface area contributed by atoms with Crippen LogP contribution in [0, 0.1) is 23.7 Å². The molecule has 1 saturated carbocycles. The Hall–Kier alpha value is -2.10. The first-order valence-corrected chi connectivity index (χ1v) is 8.39. The van der Waals surface area contributed by atoms with E-state index in [4.69, 9.17) is 0 Å². The Labute approximate surface area is 136 Å². The van der Waals surface area contributed by atoms with Gasteiger partial charge in [-0.1, -0.05) is 42.5 Å². The third-order valence-electron chi connectivity index (χ3n) is 5.12. The summed E-state index contributed by atoms with van der Waals surface area (Å²) in [6.45, 7) is 0.595. The van der Waals surface area contributed by atoms with Crippen LogP contribution in [-0.4, -0.2) is 23.5 Å². The topological polar surface area (TPSA) is 66.4 Å². The van der Waals surface area contributed by atoms with Crippen molar-refractivity contribution in [3.8, 4) is 0 Å². The summed E-state index contributed by atoms with van der Waals surface area (Å²) in [5.74, 6) is -1.81. The smallest absolute Gasteiger partial charge is 0.307 e. The third-order valence-corrected chi connectivity index (χ3v) is 5.12. The minimum atomic E-state index is -0.839. The van der Waals surface area contributed by atoms with Gasteiger partial charge in [-0.3, -0.25) is 9.59 Å². The van der Waals surface area contributed by atoms with E-state index in [0.717, 1.165) is 25.7 Å². The zero-order valence-electron chi connectivity index (χ0n) is 13.2. The second kappa shape index (κ2) is 6.99. The van der Waals surface area contributed by atoms with Crippen LogP contribution in [-0.2, 0) is 16.0 Å². The molecular weight excluding hydrogens is 290 g/mol. The van der Waals surface area contributed by atoms with Crippen LogP contribution in [0.4, 0.5) is 0 Å². The Kier molecular flexibility index (Phi) is 4.79. The molecule has 0 heterocycles. The van der Waals surface area contributed by atoms with Crippen LogP contribution in [0.2, 0.25) is 0 Å². The van der Waals surface area contributed by atoms with E-state index in [1.54, 1.807) is 0 Å². The number of fused-ring (bicyclic) bond motifs is 2. The molecule has 2 N–H and O–H groups in total.